The fourth-order valence-corrected chi connectivity index (χ4v) is 4.28. The summed E-state index contributed by atoms with van der Waals surface area (Å²) in [5, 5.41) is 3.08. The van der Waals surface area contributed by atoms with Gasteiger partial charge in [0, 0.05) is 29.9 Å². The van der Waals surface area contributed by atoms with Crippen molar-refractivity contribution in [2.75, 3.05) is 12.4 Å². The number of anilines is 1. The molecule has 1 aliphatic rings. The molecular weight excluding hydrogens is 386 g/mol. The van der Waals surface area contributed by atoms with Gasteiger partial charge in [-0.15, -0.1) is 0 Å². The fraction of sp³-hybridized carbons (Fsp3) is 0.154. The maximum Gasteiger partial charge on any atom is 0.255 e. The largest absolute Gasteiger partial charge is 0.497 e. The quantitative estimate of drug-likeness (QED) is 0.442. The lowest BCUT2D eigenvalue weighted by molar-refractivity contribution is 0.102. The van der Waals surface area contributed by atoms with E-state index in [-0.39, 0.29) is 5.91 Å². The third kappa shape index (κ3) is 3.28. The number of aryl methyl sites for hydroxylation is 1. The lowest BCUT2D eigenvalue weighted by Crippen LogP contribution is -2.14. The van der Waals surface area contributed by atoms with E-state index in [0.717, 1.165) is 34.6 Å². The molecule has 0 bridgehead atoms. The Labute approximate surface area is 181 Å². The molecule has 4 aromatic rings. The van der Waals surface area contributed by atoms with Gasteiger partial charge >= 0.3 is 0 Å². The van der Waals surface area contributed by atoms with E-state index in [9.17, 15) is 4.79 Å². The van der Waals surface area contributed by atoms with Crippen LogP contribution in [0.1, 0.15) is 27.3 Å². The van der Waals surface area contributed by atoms with Gasteiger partial charge in [0.1, 0.15) is 11.6 Å². The second-order valence-electron chi connectivity index (χ2n) is 7.82. The Hall–Kier alpha value is -3.86. The van der Waals surface area contributed by atoms with Crippen molar-refractivity contribution in [1.29, 1.82) is 0 Å². The summed E-state index contributed by atoms with van der Waals surface area (Å²) in [6, 6.07) is 20.0. The van der Waals surface area contributed by atoms with Crippen molar-refractivity contribution < 1.29 is 9.53 Å². The number of rotatable bonds is 4. The number of ether oxygens (including phenoxy) is 1. The first-order chi connectivity index (χ1) is 15.0. The Balaban J connectivity index is 1.50. The van der Waals surface area contributed by atoms with Crippen LogP contribution in [0.25, 0.3) is 22.4 Å². The van der Waals surface area contributed by atoms with Crippen LogP contribution in [0.15, 0.2) is 66.9 Å². The third-order valence-electron chi connectivity index (χ3n) is 6.01. The first-order valence-corrected chi connectivity index (χ1v) is 10.2. The smallest absolute Gasteiger partial charge is 0.255 e. The molecule has 0 fully saturated rings. The van der Waals surface area contributed by atoms with Gasteiger partial charge in [-0.2, -0.15) is 0 Å². The number of hydrogen-bond donors (Lipinski definition) is 1. The summed E-state index contributed by atoms with van der Waals surface area (Å²) < 4.78 is 7.50. The van der Waals surface area contributed by atoms with Crippen molar-refractivity contribution in [2.45, 2.75) is 13.3 Å². The second kappa shape index (κ2) is 7.43. The molecule has 1 heterocycles. The van der Waals surface area contributed by atoms with Gasteiger partial charge in [0.15, 0.2) is 0 Å². The molecule has 5 rings (SSSR count). The normalized spacial score (nSPS) is 11.7. The average Bonchev–Trinajstić information content (AvgIpc) is 3.33. The maximum absolute atomic E-state index is 13.3. The van der Waals surface area contributed by atoms with Gasteiger partial charge in [0.2, 0.25) is 0 Å². The van der Waals surface area contributed by atoms with Gasteiger partial charge in [-0.05, 0) is 53.8 Å². The van der Waals surface area contributed by atoms with Crippen molar-refractivity contribution in [3.05, 3.63) is 89.4 Å². The summed E-state index contributed by atoms with van der Waals surface area (Å²) >= 11 is 0. The number of hydrogen-bond acceptors (Lipinski definition) is 3. The number of amides is 1. The second-order valence-corrected chi connectivity index (χ2v) is 7.82. The molecule has 1 N–H and O–H groups in total. The van der Waals surface area contributed by atoms with Crippen molar-refractivity contribution in [3.63, 3.8) is 0 Å². The maximum atomic E-state index is 13.3. The molecule has 0 atom stereocenters. The molecule has 0 spiro atoms. The molecule has 5 nitrogen and oxygen atoms in total. The lowest BCUT2D eigenvalue weighted by atomic mass is 10.0. The summed E-state index contributed by atoms with van der Waals surface area (Å²) in [5.41, 5.74) is 7.97. The standard InChI is InChI=1S/C26H23N3O2/c1-16-27-15-25(29(16)2)18-11-19(14-20(12-18)31-3)28-26(30)23-10-6-9-22-21-8-5-4-7-17(21)13-24(22)23/h4-12,14-15H,13H2,1-3H3,(H,28,30). The average molecular weight is 409 g/mol. The summed E-state index contributed by atoms with van der Waals surface area (Å²) in [6.45, 7) is 1.96. The van der Waals surface area contributed by atoms with Gasteiger partial charge in [0.25, 0.3) is 5.91 Å². The minimum Gasteiger partial charge on any atom is -0.497 e. The van der Waals surface area contributed by atoms with Crippen molar-refractivity contribution >= 4 is 11.6 Å². The van der Waals surface area contributed by atoms with Crippen molar-refractivity contribution in [3.8, 4) is 28.1 Å². The molecule has 5 heteroatoms. The van der Waals surface area contributed by atoms with Crippen LogP contribution in [0, 0.1) is 6.92 Å². The first kappa shape index (κ1) is 19.1. The minimum atomic E-state index is -0.120. The van der Waals surface area contributed by atoms with Crippen LogP contribution in [0.2, 0.25) is 0 Å². The number of nitrogens with one attached hydrogen (secondary N) is 1. The Kier molecular flexibility index (Phi) is 4.59. The number of imidazole rings is 1. The number of carbonyl (C=O) groups excluding carboxylic acids is 1. The number of fused-ring (bicyclic) bond motifs is 3. The predicted molar refractivity (Wildman–Crippen MR) is 123 cm³/mol. The zero-order valence-corrected chi connectivity index (χ0v) is 17.8. The first-order valence-electron chi connectivity index (χ1n) is 10.2. The van der Waals surface area contributed by atoms with Crippen LogP contribution in [0.5, 0.6) is 5.75 Å². The van der Waals surface area contributed by atoms with Crippen LogP contribution < -0.4 is 10.1 Å². The van der Waals surface area contributed by atoms with E-state index in [0.29, 0.717) is 17.0 Å². The summed E-state index contributed by atoms with van der Waals surface area (Å²) in [5.74, 6) is 1.48. The third-order valence-corrected chi connectivity index (χ3v) is 6.01. The van der Waals surface area contributed by atoms with Crippen LogP contribution >= 0.6 is 0 Å². The van der Waals surface area contributed by atoms with E-state index in [1.54, 1.807) is 7.11 Å². The molecule has 154 valence electrons. The molecule has 0 unspecified atom stereocenters. The van der Waals surface area contributed by atoms with Crippen molar-refractivity contribution in [2.24, 2.45) is 7.05 Å². The van der Waals surface area contributed by atoms with Crippen LogP contribution in [-0.4, -0.2) is 22.6 Å². The van der Waals surface area contributed by atoms with E-state index in [4.69, 9.17) is 4.74 Å². The highest BCUT2D eigenvalue weighted by atomic mass is 16.5. The molecule has 1 aliphatic carbocycles. The Morgan fingerprint density at radius 1 is 1.06 bits per heavy atom. The molecule has 0 saturated carbocycles. The topological polar surface area (TPSA) is 56.1 Å². The Bertz CT molecular complexity index is 1320. The lowest BCUT2D eigenvalue weighted by Gasteiger charge is -2.13. The van der Waals surface area contributed by atoms with Crippen LogP contribution in [0.4, 0.5) is 5.69 Å². The number of benzene rings is 3. The molecule has 0 radical (unpaired) electrons. The number of methoxy groups -OCH3 is 1. The van der Waals surface area contributed by atoms with E-state index in [1.165, 1.54) is 11.1 Å². The van der Waals surface area contributed by atoms with E-state index < -0.39 is 0 Å². The fourth-order valence-electron chi connectivity index (χ4n) is 4.28. The number of carbonyl (C=O) groups is 1. The summed E-state index contributed by atoms with van der Waals surface area (Å²) in [6.07, 6.45) is 2.60. The predicted octanol–water partition coefficient (Wildman–Crippen LogP) is 5.23. The van der Waals surface area contributed by atoms with Crippen molar-refractivity contribution in [1.82, 2.24) is 9.55 Å². The van der Waals surface area contributed by atoms with Gasteiger partial charge in [-0.1, -0.05) is 36.4 Å². The van der Waals surface area contributed by atoms with Crippen LogP contribution in [0.3, 0.4) is 0 Å². The van der Waals surface area contributed by atoms with E-state index in [2.05, 4.69) is 28.5 Å². The highest BCUT2D eigenvalue weighted by molar-refractivity contribution is 6.07. The number of aromatic nitrogens is 2. The minimum absolute atomic E-state index is 0.120. The van der Waals surface area contributed by atoms with E-state index in [1.807, 2.05) is 67.2 Å². The monoisotopic (exact) mass is 409 g/mol. The Morgan fingerprint density at radius 3 is 2.65 bits per heavy atom. The molecule has 1 aromatic heterocycles. The zero-order valence-electron chi connectivity index (χ0n) is 17.8. The van der Waals surface area contributed by atoms with Gasteiger partial charge in [-0.25, -0.2) is 4.98 Å². The van der Waals surface area contributed by atoms with Crippen LogP contribution in [-0.2, 0) is 13.5 Å². The highest BCUT2D eigenvalue weighted by Crippen LogP contribution is 2.38. The SMILES string of the molecule is COc1cc(NC(=O)c2cccc3c2Cc2ccccc2-3)cc(-c2cnc(C)n2C)c1. The molecule has 0 saturated heterocycles. The van der Waals surface area contributed by atoms with E-state index >= 15 is 0 Å². The highest BCUT2D eigenvalue weighted by Gasteiger charge is 2.23. The molecule has 31 heavy (non-hydrogen) atoms. The summed E-state index contributed by atoms with van der Waals surface area (Å²) in [7, 11) is 3.60. The van der Waals surface area contributed by atoms with Gasteiger partial charge in [0.05, 0.1) is 19.0 Å². The molecule has 0 aliphatic heterocycles. The summed E-state index contributed by atoms with van der Waals surface area (Å²) in [4.78, 5) is 17.7. The van der Waals surface area contributed by atoms with Gasteiger partial charge in [-0.3, -0.25) is 4.79 Å². The molecule has 1 amide bonds. The zero-order chi connectivity index (χ0) is 21.5. The molecule has 3 aromatic carbocycles. The number of nitrogens with zero attached hydrogens (tertiary/aromatic N) is 2. The van der Waals surface area contributed by atoms with Gasteiger partial charge < -0.3 is 14.6 Å². The Morgan fingerprint density at radius 2 is 1.87 bits per heavy atom. The molecular formula is C26H23N3O2.